The van der Waals surface area contributed by atoms with E-state index >= 15 is 0 Å². The minimum atomic E-state index is 0.118. The van der Waals surface area contributed by atoms with Gasteiger partial charge < -0.3 is 21.7 Å². The Morgan fingerprint density at radius 2 is 1.74 bits per heavy atom. The number of nitrogens with zero attached hydrogens (tertiary/aromatic N) is 5. The molecule has 1 aliphatic carbocycles. The minimum Gasteiger partial charge on any atom is -0.402 e. The molecule has 2 heterocycles. The molecule has 1 amide bonds. The van der Waals surface area contributed by atoms with Gasteiger partial charge in [-0.3, -0.25) is 9.69 Å². The average molecular weight is 537 g/mol. The lowest BCUT2D eigenvalue weighted by atomic mass is 10.1. The lowest BCUT2D eigenvalue weighted by Gasteiger charge is -2.42. The van der Waals surface area contributed by atoms with Gasteiger partial charge in [-0.15, -0.1) is 0 Å². The van der Waals surface area contributed by atoms with Crippen LogP contribution in [0.4, 0.5) is 17.3 Å². The molecule has 38 heavy (non-hydrogen) atoms. The van der Waals surface area contributed by atoms with E-state index in [4.69, 9.17) is 16.5 Å². The van der Waals surface area contributed by atoms with Crippen LogP contribution in [-0.2, 0) is 4.79 Å². The first-order valence-corrected chi connectivity index (χ1v) is 14.1. The molecule has 0 spiro atoms. The van der Waals surface area contributed by atoms with Crippen LogP contribution in [0.2, 0.25) is 0 Å². The number of allylic oxidation sites excluding steroid dienone is 1. The van der Waals surface area contributed by atoms with Crippen LogP contribution in [0.1, 0.15) is 53.4 Å². The van der Waals surface area contributed by atoms with Crippen molar-refractivity contribution in [1.82, 2.24) is 14.9 Å². The normalized spacial score (nSPS) is 18.2. The molecule has 1 aromatic carbocycles. The summed E-state index contributed by atoms with van der Waals surface area (Å²) in [7, 11) is 0. The maximum absolute atomic E-state index is 12.5. The highest BCUT2D eigenvalue weighted by Crippen LogP contribution is 2.31. The molecule has 4 rings (SSSR count). The molecule has 9 nitrogen and oxygen atoms in total. The van der Waals surface area contributed by atoms with Crippen LogP contribution in [-0.4, -0.2) is 58.3 Å². The predicted octanol–water partition coefficient (Wildman–Crippen LogP) is 4.53. The first-order chi connectivity index (χ1) is 18.1. The number of hydrogen-bond donors (Lipinski definition) is 3. The molecule has 0 bridgehead atoms. The van der Waals surface area contributed by atoms with E-state index in [1.54, 1.807) is 13.0 Å². The zero-order valence-corrected chi connectivity index (χ0v) is 23.7. The van der Waals surface area contributed by atoms with Crippen molar-refractivity contribution in [3.63, 3.8) is 0 Å². The number of carbonyl (C=O) groups is 1. The van der Waals surface area contributed by atoms with Crippen molar-refractivity contribution < 1.29 is 4.79 Å². The van der Waals surface area contributed by atoms with Gasteiger partial charge >= 0.3 is 0 Å². The van der Waals surface area contributed by atoms with Crippen molar-refractivity contribution in [2.75, 3.05) is 36.4 Å². The van der Waals surface area contributed by atoms with Gasteiger partial charge in [0, 0.05) is 60.0 Å². The van der Waals surface area contributed by atoms with Crippen LogP contribution in [0.15, 0.2) is 57.1 Å². The number of amidine groups is 1. The summed E-state index contributed by atoms with van der Waals surface area (Å²) >= 11 is 1.46. The number of aromatic nitrogens is 2. The molecule has 204 valence electrons. The maximum atomic E-state index is 12.5. The average Bonchev–Trinajstić information content (AvgIpc) is 3.39. The summed E-state index contributed by atoms with van der Waals surface area (Å²) in [5.41, 5.74) is 13.4. The van der Waals surface area contributed by atoms with Crippen molar-refractivity contribution >= 4 is 40.8 Å². The van der Waals surface area contributed by atoms with E-state index < -0.39 is 0 Å². The Kier molecular flexibility index (Phi) is 8.94. The summed E-state index contributed by atoms with van der Waals surface area (Å²) in [6.07, 6.45) is 5.86. The van der Waals surface area contributed by atoms with Gasteiger partial charge in [0.05, 0.1) is 0 Å². The molecule has 2 fully saturated rings. The van der Waals surface area contributed by atoms with Gasteiger partial charge in [0.1, 0.15) is 11.7 Å². The van der Waals surface area contributed by atoms with Gasteiger partial charge in [-0.05, 0) is 82.6 Å². The zero-order valence-electron chi connectivity index (χ0n) is 22.9. The van der Waals surface area contributed by atoms with Crippen LogP contribution in [0.3, 0.4) is 0 Å². The maximum Gasteiger partial charge on any atom is 0.227 e. The lowest BCUT2D eigenvalue weighted by Crippen LogP contribution is -2.53. The van der Waals surface area contributed by atoms with Gasteiger partial charge in [0.25, 0.3) is 0 Å². The van der Waals surface area contributed by atoms with Crippen molar-refractivity contribution in [3.8, 4) is 0 Å². The van der Waals surface area contributed by atoms with Crippen molar-refractivity contribution in [2.45, 2.75) is 69.0 Å². The minimum absolute atomic E-state index is 0.118. The summed E-state index contributed by atoms with van der Waals surface area (Å²) in [5.74, 6) is 1.87. The molecule has 2 aliphatic rings. The fraction of sp³-hybridized carbons (Fsp3) is 0.500. The summed E-state index contributed by atoms with van der Waals surface area (Å²) in [6.45, 7) is 12.2. The quantitative estimate of drug-likeness (QED) is 0.268. The first kappa shape index (κ1) is 27.9. The van der Waals surface area contributed by atoms with Gasteiger partial charge in [-0.25, -0.2) is 15.0 Å². The largest absolute Gasteiger partial charge is 0.402 e. The third-order valence-corrected chi connectivity index (χ3v) is 7.78. The molecule has 5 N–H and O–H groups in total. The molecule has 0 atom stereocenters. The Hall–Kier alpha value is -3.11. The van der Waals surface area contributed by atoms with Gasteiger partial charge in [-0.1, -0.05) is 12.8 Å². The smallest absolute Gasteiger partial charge is 0.227 e. The van der Waals surface area contributed by atoms with E-state index in [9.17, 15) is 4.79 Å². The predicted molar refractivity (Wildman–Crippen MR) is 156 cm³/mol. The molecule has 1 saturated heterocycles. The molecule has 0 unspecified atom stereocenters. The Morgan fingerprint density at radius 1 is 1.08 bits per heavy atom. The number of hydrogen-bond acceptors (Lipinski definition) is 8. The SMILES string of the molecule is CC(N)=CC(N)=Nc1cc(N2CCN(C(C)(C)C)CC2)nc(Sc2ccc(NC(=O)C3CCCC3)cc2)n1. The van der Waals surface area contributed by atoms with Crippen LogP contribution in [0.25, 0.3) is 0 Å². The van der Waals surface area contributed by atoms with Crippen molar-refractivity contribution in [3.05, 3.63) is 42.1 Å². The van der Waals surface area contributed by atoms with E-state index in [0.29, 0.717) is 22.5 Å². The second-order valence-corrected chi connectivity index (χ2v) is 12.1. The third-order valence-electron chi connectivity index (χ3n) is 6.91. The molecule has 1 aromatic heterocycles. The molecule has 1 aliphatic heterocycles. The number of carbonyl (C=O) groups excluding carboxylic acids is 1. The lowest BCUT2D eigenvalue weighted by molar-refractivity contribution is -0.119. The van der Waals surface area contributed by atoms with Gasteiger partial charge in [-0.2, -0.15) is 0 Å². The number of benzene rings is 1. The van der Waals surface area contributed by atoms with E-state index in [1.165, 1.54) is 11.8 Å². The molecular formula is C28H40N8OS. The Labute approximate surface area is 230 Å². The van der Waals surface area contributed by atoms with Gasteiger partial charge in [0.15, 0.2) is 11.0 Å². The number of amides is 1. The number of piperazine rings is 1. The molecule has 0 radical (unpaired) electrons. The summed E-state index contributed by atoms with van der Waals surface area (Å²) < 4.78 is 0. The number of nitrogens with two attached hydrogens (primary N) is 2. The molecular weight excluding hydrogens is 496 g/mol. The highest BCUT2D eigenvalue weighted by Gasteiger charge is 2.27. The Morgan fingerprint density at radius 3 is 2.34 bits per heavy atom. The summed E-state index contributed by atoms with van der Waals surface area (Å²) in [6, 6.07) is 9.69. The van der Waals surface area contributed by atoms with E-state index in [0.717, 1.165) is 68.3 Å². The van der Waals surface area contributed by atoms with Crippen LogP contribution >= 0.6 is 11.8 Å². The van der Waals surface area contributed by atoms with Crippen molar-refractivity contribution in [1.29, 1.82) is 0 Å². The fourth-order valence-electron chi connectivity index (χ4n) is 4.81. The molecule has 1 saturated carbocycles. The third kappa shape index (κ3) is 7.70. The number of anilines is 2. The highest BCUT2D eigenvalue weighted by molar-refractivity contribution is 7.99. The molecule has 2 aromatic rings. The first-order valence-electron chi connectivity index (χ1n) is 13.3. The topological polar surface area (TPSA) is 126 Å². The number of nitrogens with one attached hydrogen (secondary N) is 1. The van der Waals surface area contributed by atoms with E-state index in [1.807, 2.05) is 30.3 Å². The van der Waals surface area contributed by atoms with Crippen LogP contribution in [0, 0.1) is 5.92 Å². The second kappa shape index (κ2) is 12.2. The van der Waals surface area contributed by atoms with Crippen LogP contribution < -0.4 is 21.7 Å². The number of rotatable bonds is 7. The second-order valence-electron chi connectivity index (χ2n) is 11.0. The fourth-order valence-corrected chi connectivity index (χ4v) is 5.58. The summed E-state index contributed by atoms with van der Waals surface area (Å²) in [5, 5.41) is 3.64. The van der Waals surface area contributed by atoms with Crippen LogP contribution in [0.5, 0.6) is 0 Å². The Bertz CT molecular complexity index is 1170. The summed E-state index contributed by atoms with van der Waals surface area (Å²) in [4.78, 5) is 32.2. The van der Waals surface area contributed by atoms with Gasteiger partial charge in [0.2, 0.25) is 5.91 Å². The van der Waals surface area contributed by atoms with E-state index in [2.05, 4.69) is 45.9 Å². The van der Waals surface area contributed by atoms with E-state index in [-0.39, 0.29) is 17.4 Å². The molecule has 10 heteroatoms. The standard InChI is InChI=1S/C28H40N8OS/c1-19(29)17-23(30)32-24-18-25(35-13-15-36(16-14-35)28(2,3)4)34-27(33-24)38-22-11-9-21(10-12-22)31-26(37)20-7-5-6-8-20/h9-12,17-18,20H,5-8,13-16,29H2,1-4H3,(H,31,37)(H2,30,32,33,34). The highest BCUT2D eigenvalue weighted by atomic mass is 32.2. The van der Waals surface area contributed by atoms with Crippen molar-refractivity contribution in [2.24, 2.45) is 22.4 Å². The monoisotopic (exact) mass is 536 g/mol. The zero-order chi connectivity index (χ0) is 27.3. The number of aliphatic imine (C=N–C) groups is 1. The Balaban J connectivity index is 1.52.